The number of nitrogens with zero attached hydrogens (tertiary/aromatic N) is 1. The van der Waals surface area contributed by atoms with E-state index in [1.165, 1.54) is 15.4 Å². The molecule has 1 heterocycles. The van der Waals surface area contributed by atoms with Crippen LogP contribution in [-0.2, 0) is 14.3 Å². The smallest absolute Gasteiger partial charge is 0.328 e. The Balaban J connectivity index is 0.000000366. The quantitative estimate of drug-likeness (QED) is 0.444. The fraction of sp³-hybridized carbons (Fsp3) is 0.217. The predicted octanol–water partition coefficient (Wildman–Crippen LogP) is 4.98. The third-order valence-electron chi connectivity index (χ3n) is 4.01. The van der Waals surface area contributed by atoms with Crippen LogP contribution < -0.4 is 0 Å². The van der Waals surface area contributed by atoms with Crippen LogP contribution in [0.1, 0.15) is 17.5 Å². The molecule has 8 heteroatoms. The lowest BCUT2D eigenvalue weighted by Crippen LogP contribution is -2.14. The molecule has 0 radical (unpaired) electrons. The van der Waals surface area contributed by atoms with Crippen LogP contribution in [0.15, 0.2) is 64.4 Å². The lowest BCUT2D eigenvalue weighted by atomic mass is 10.1. The molecule has 2 N–H and O–H groups in total. The normalized spacial score (nSPS) is 12.2. The summed E-state index contributed by atoms with van der Waals surface area (Å²) in [7, 11) is 4.15. The second kappa shape index (κ2) is 12.2. The first kappa shape index (κ1) is 24.5. The molecule has 2 aromatic rings. The molecule has 0 aliphatic carbocycles. The first-order chi connectivity index (χ1) is 14.8. The summed E-state index contributed by atoms with van der Waals surface area (Å²) in [6.07, 6.45) is 4.24. The maximum Gasteiger partial charge on any atom is 0.328 e. The van der Waals surface area contributed by atoms with E-state index < -0.39 is 11.9 Å². The van der Waals surface area contributed by atoms with E-state index in [9.17, 15) is 9.59 Å². The Morgan fingerprint density at radius 2 is 1.74 bits per heavy atom. The molecule has 0 saturated heterocycles. The van der Waals surface area contributed by atoms with Crippen LogP contribution in [0.2, 0.25) is 5.02 Å². The molecule has 0 spiro atoms. The molecular formula is C23H24ClNO5S. The van der Waals surface area contributed by atoms with Crippen molar-refractivity contribution in [2.45, 2.75) is 16.2 Å². The van der Waals surface area contributed by atoms with Crippen molar-refractivity contribution in [3.8, 4) is 0 Å². The Bertz CT molecular complexity index is 972. The zero-order chi connectivity index (χ0) is 22.8. The van der Waals surface area contributed by atoms with Crippen LogP contribution in [0.5, 0.6) is 0 Å². The number of carbonyl (C=O) groups is 2. The Kier molecular flexibility index (Phi) is 9.65. The maximum absolute atomic E-state index is 9.55. The number of carboxylic acids is 2. The van der Waals surface area contributed by atoms with E-state index in [0.29, 0.717) is 18.8 Å². The number of ether oxygens (including phenoxy) is 1. The SMILES string of the molecule is CN(C)CCCOC1=Cc2ccccc2Sc2ccc(Cl)cc21.O=C(O)/C=C\C(=O)O. The van der Waals surface area contributed by atoms with Gasteiger partial charge in [0.2, 0.25) is 0 Å². The standard InChI is InChI=1S/C19H20ClNOS.C4H4O4/c1-21(2)10-5-11-22-17-12-14-6-3-4-7-18(14)23-19-9-8-15(20)13-16(17)19;5-3(6)1-2-4(7)8/h3-4,6-9,12-13H,5,10-11H2,1-2H3;1-2H,(H,5,6)(H,7,8)/b;2-1-. The second-order valence-electron chi connectivity index (χ2n) is 6.80. The van der Waals surface area contributed by atoms with Gasteiger partial charge in [0.05, 0.1) is 6.61 Å². The average molecular weight is 462 g/mol. The Morgan fingerprint density at radius 1 is 1.06 bits per heavy atom. The first-order valence-corrected chi connectivity index (χ1v) is 10.7. The minimum atomic E-state index is -1.26. The minimum absolute atomic E-state index is 0.558. The van der Waals surface area contributed by atoms with Gasteiger partial charge in [-0.25, -0.2) is 9.59 Å². The van der Waals surface area contributed by atoms with Gasteiger partial charge in [0, 0.05) is 39.1 Å². The molecule has 0 saturated carbocycles. The van der Waals surface area contributed by atoms with Gasteiger partial charge in [0.25, 0.3) is 0 Å². The van der Waals surface area contributed by atoms with Gasteiger partial charge in [0.15, 0.2) is 0 Å². The highest BCUT2D eigenvalue weighted by Crippen LogP contribution is 2.41. The van der Waals surface area contributed by atoms with Crippen LogP contribution in [0.4, 0.5) is 0 Å². The summed E-state index contributed by atoms with van der Waals surface area (Å²) in [5.41, 5.74) is 2.26. The van der Waals surface area contributed by atoms with Crippen molar-refractivity contribution in [2.75, 3.05) is 27.2 Å². The highest BCUT2D eigenvalue weighted by atomic mass is 35.5. The van der Waals surface area contributed by atoms with Crippen LogP contribution in [0.3, 0.4) is 0 Å². The predicted molar refractivity (Wildman–Crippen MR) is 123 cm³/mol. The molecule has 1 aliphatic heterocycles. The van der Waals surface area contributed by atoms with Gasteiger partial charge in [-0.2, -0.15) is 0 Å². The lowest BCUT2D eigenvalue weighted by molar-refractivity contribution is -0.134. The van der Waals surface area contributed by atoms with E-state index in [1.54, 1.807) is 11.8 Å². The fourth-order valence-electron chi connectivity index (χ4n) is 2.64. The van der Waals surface area contributed by atoms with Crippen molar-refractivity contribution in [3.63, 3.8) is 0 Å². The number of aliphatic carboxylic acids is 2. The third kappa shape index (κ3) is 8.49. The van der Waals surface area contributed by atoms with Gasteiger partial charge in [-0.15, -0.1) is 0 Å². The fourth-order valence-corrected chi connectivity index (χ4v) is 3.84. The summed E-state index contributed by atoms with van der Waals surface area (Å²) in [5, 5.41) is 16.4. The second-order valence-corrected chi connectivity index (χ2v) is 8.32. The van der Waals surface area contributed by atoms with Crippen molar-refractivity contribution >= 4 is 47.1 Å². The molecule has 0 amide bonds. The molecule has 31 heavy (non-hydrogen) atoms. The van der Waals surface area contributed by atoms with Crippen molar-refractivity contribution in [3.05, 3.63) is 70.8 Å². The summed E-state index contributed by atoms with van der Waals surface area (Å²) in [6, 6.07) is 14.4. The minimum Gasteiger partial charge on any atom is -0.493 e. The van der Waals surface area contributed by atoms with Crippen LogP contribution >= 0.6 is 23.4 Å². The van der Waals surface area contributed by atoms with Gasteiger partial charge in [-0.05, 0) is 56.4 Å². The van der Waals surface area contributed by atoms with Crippen LogP contribution in [-0.4, -0.2) is 54.3 Å². The van der Waals surface area contributed by atoms with Gasteiger partial charge < -0.3 is 19.8 Å². The van der Waals surface area contributed by atoms with Crippen LogP contribution in [0.25, 0.3) is 11.8 Å². The van der Waals surface area contributed by atoms with Gasteiger partial charge in [-0.3, -0.25) is 0 Å². The van der Waals surface area contributed by atoms with E-state index in [-0.39, 0.29) is 0 Å². The molecule has 3 rings (SSSR count). The molecule has 2 aromatic carbocycles. The van der Waals surface area contributed by atoms with Crippen LogP contribution in [0, 0.1) is 0 Å². The monoisotopic (exact) mass is 461 g/mol. The highest BCUT2D eigenvalue weighted by Gasteiger charge is 2.17. The molecule has 0 unspecified atom stereocenters. The highest BCUT2D eigenvalue weighted by molar-refractivity contribution is 7.99. The zero-order valence-corrected chi connectivity index (χ0v) is 18.8. The van der Waals surface area contributed by atoms with E-state index in [4.69, 9.17) is 26.6 Å². The Labute approximate surface area is 190 Å². The van der Waals surface area contributed by atoms with Crippen molar-refractivity contribution < 1.29 is 24.5 Å². The summed E-state index contributed by atoms with van der Waals surface area (Å²) >= 11 is 7.97. The topological polar surface area (TPSA) is 87.1 Å². The van der Waals surface area contributed by atoms with E-state index in [1.807, 2.05) is 12.1 Å². The number of hydrogen-bond donors (Lipinski definition) is 2. The van der Waals surface area contributed by atoms with Crippen molar-refractivity contribution in [1.82, 2.24) is 4.90 Å². The van der Waals surface area contributed by atoms with Gasteiger partial charge in [-0.1, -0.05) is 41.6 Å². The number of halogens is 1. The number of carboxylic acid groups (broad SMARTS) is 2. The lowest BCUT2D eigenvalue weighted by Gasteiger charge is -2.14. The summed E-state index contributed by atoms with van der Waals surface area (Å²) in [4.78, 5) is 23.7. The molecule has 0 atom stereocenters. The number of fused-ring (bicyclic) bond motifs is 2. The third-order valence-corrected chi connectivity index (χ3v) is 5.41. The average Bonchev–Trinajstić information content (AvgIpc) is 2.86. The van der Waals surface area contributed by atoms with Gasteiger partial charge >= 0.3 is 11.9 Å². The molecule has 0 aromatic heterocycles. The number of hydrogen-bond acceptors (Lipinski definition) is 5. The summed E-state index contributed by atoms with van der Waals surface area (Å²) < 4.78 is 6.11. The molecule has 164 valence electrons. The van der Waals surface area contributed by atoms with Gasteiger partial charge in [0.1, 0.15) is 5.76 Å². The Hall–Kier alpha value is -2.74. The Morgan fingerprint density at radius 3 is 2.39 bits per heavy atom. The zero-order valence-electron chi connectivity index (χ0n) is 17.2. The molecular weight excluding hydrogens is 438 g/mol. The molecule has 1 aliphatic rings. The number of rotatable bonds is 7. The number of benzene rings is 2. The van der Waals surface area contributed by atoms with Crippen molar-refractivity contribution in [1.29, 1.82) is 0 Å². The first-order valence-electron chi connectivity index (χ1n) is 9.46. The van der Waals surface area contributed by atoms with E-state index >= 15 is 0 Å². The van der Waals surface area contributed by atoms with E-state index in [2.05, 4.69) is 55.4 Å². The summed E-state index contributed by atoms with van der Waals surface area (Å²) in [6.45, 7) is 1.71. The molecule has 0 bridgehead atoms. The van der Waals surface area contributed by atoms with E-state index in [0.717, 1.165) is 29.3 Å². The molecule has 6 nitrogen and oxygen atoms in total. The maximum atomic E-state index is 9.55. The largest absolute Gasteiger partial charge is 0.493 e. The van der Waals surface area contributed by atoms with Crippen molar-refractivity contribution in [2.24, 2.45) is 0 Å². The summed E-state index contributed by atoms with van der Waals surface area (Å²) in [5.74, 6) is -1.61. The molecule has 0 fully saturated rings.